The number of allylic oxidation sites excluding steroid dienone is 13. The molecule has 5 heteroatoms. The summed E-state index contributed by atoms with van der Waals surface area (Å²) in [5.74, 6) is 2.11. The maximum Gasteiger partial charge on any atom is 0.240 e. The van der Waals surface area contributed by atoms with Crippen molar-refractivity contribution in [3.63, 3.8) is 0 Å². The molecule has 1 aliphatic rings. The summed E-state index contributed by atoms with van der Waals surface area (Å²) in [7, 11) is 0.723. The van der Waals surface area contributed by atoms with E-state index in [-0.39, 0.29) is 11.9 Å². The van der Waals surface area contributed by atoms with Crippen molar-refractivity contribution in [2.24, 2.45) is 5.10 Å². The highest BCUT2D eigenvalue weighted by Gasteiger charge is 2.28. The van der Waals surface area contributed by atoms with E-state index in [2.05, 4.69) is 42.9 Å². The van der Waals surface area contributed by atoms with Gasteiger partial charge >= 0.3 is 0 Å². The molecule has 35 heavy (non-hydrogen) atoms. The summed E-state index contributed by atoms with van der Waals surface area (Å²) in [6.45, 7) is 11.7. The highest BCUT2D eigenvalue weighted by Crippen LogP contribution is 2.25. The first-order chi connectivity index (χ1) is 17.1. The molecule has 2 atom stereocenters. The summed E-state index contributed by atoms with van der Waals surface area (Å²) in [6, 6.07) is -0.0779. The molecule has 0 radical (unpaired) electrons. The highest BCUT2D eigenvalue weighted by atomic mass is 35.5. The molecule has 2 unspecified atom stereocenters. The molecule has 1 heterocycles. The van der Waals surface area contributed by atoms with E-state index in [9.17, 15) is 4.79 Å². The molecule has 0 spiro atoms. The fourth-order valence-corrected chi connectivity index (χ4v) is 3.77. The van der Waals surface area contributed by atoms with Crippen LogP contribution in [0, 0.1) is 0 Å². The van der Waals surface area contributed by atoms with Gasteiger partial charge in [0.15, 0.2) is 0 Å². The van der Waals surface area contributed by atoms with Gasteiger partial charge in [-0.1, -0.05) is 104 Å². The number of amides is 1. The van der Waals surface area contributed by atoms with Crippen LogP contribution < -0.4 is 0 Å². The van der Waals surface area contributed by atoms with Gasteiger partial charge in [0.25, 0.3) is 0 Å². The predicted octanol–water partition coefficient (Wildman–Crippen LogP) is 9.24. The van der Waals surface area contributed by atoms with Crippen molar-refractivity contribution in [3.05, 3.63) is 95.4 Å². The van der Waals surface area contributed by atoms with Crippen molar-refractivity contribution in [1.29, 1.82) is 0 Å². The molecule has 1 aliphatic heterocycles. The van der Waals surface area contributed by atoms with E-state index in [0.717, 1.165) is 45.5 Å². The van der Waals surface area contributed by atoms with Crippen molar-refractivity contribution in [2.75, 3.05) is 6.66 Å². The van der Waals surface area contributed by atoms with Crippen molar-refractivity contribution in [3.8, 4) is 0 Å². The minimum absolute atomic E-state index is 0.0402. The summed E-state index contributed by atoms with van der Waals surface area (Å²) < 4.78 is 0. The van der Waals surface area contributed by atoms with Crippen molar-refractivity contribution >= 4 is 31.8 Å². The maximum atomic E-state index is 12.4. The Bertz CT molecular complexity index is 873. The molecule has 1 amide bonds. The van der Waals surface area contributed by atoms with Gasteiger partial charge in [0, 0.05) is 18.9 Å². The first-order valence-corrected chi connectivity index (χ1v) is 14.5. The molecule has 0 fully saturated rings. The molecule has 0 saturated heterocycles. The number of halogens is 1. The minimum atomic E-state index is -0.0779. The zero-order chi connectivity index (χ0) is 26.3. The van der Waals surface area contributed by atoms with Crippen LogP contribution in [0.3, 0.4) is 0 Å². The third-order valence-corrected chi connectivity index (χ3v) is 5.59. The van der Waals surface area contributed by atoms with E-state index in [0.29, 0.717) is 6.42 Å². The molecular formula is C30H44ClN2OP. The van der Waals surface area contributed by atoms with Crippen molar-refractivity contribution < 1.29 is 4.79 Å². The lowest BCUT2D eigenvalue weighted by atomic mass is 9.99. The van der Waals surface area contributed by atoms with Crippen molar-refractivity contribution in [1.82, 2.24) is 5.01 Å². The third kappa shape index (κ3) is 14.7. The van der Waals surface area contributed by atoms with Crippen LogP contribution in [0.1, 0.15) is 66.7 Å². The molecule has 1 rings (SSSR count). The summed E-state index contributed by atoms with van der Waals surface area (Å²) in [5.41, 5.74) is 4.80. The summed E-state index contributed by atoms with van der Waals surface area (Å²) in [6.07, 6.45) is 29.4. The summed E-state index contributed by atoms with van der Waals surface area (Å²) in [5, 5.41) is 6.33. The number of unbranched alkanes of at least 4 members (excludes halogenated alkanes) is 2. The van der Waals surface area contributed by atoms with Crippen LogP contribution >= 0.6 is 20.2 Å². The molecule has 0 N–H and O–H groups in total. The van der Waals surface area contributed by atoms with Gasteiger partial charge < -0.3 is 0 Å². The lowest BCUT2D eigenvalue weighted by molar-refractivity contribution is -0.129. The Labute approximate surface area is 221 Å². The maximum absolute atomic E-state index is 12.4. The smallest absolute Gasteiger partial charge is 0.240 e. The highest BCUT2D eigenvalue weighted by molar-refractivity contribution is 7.40. The molecule has 192 valence electrons. The van der Waals surface area contributed by atoms with E-state index in [1.54, 1.807) is 17.5 Å². The largest absolute Gasteiger partial charge is 0.273 e. The average Bonchev–Trinajstić information content (AvgIpc) is 3.28. The molecule has 0 saturated carbocycles. The molecule has 0 bridgehead atoms. The van der Waals surface area contributed by atoms with Crippen LogP contribution in [0.2, 0.25) is 0 Å². The zero-order valence-electron chi connectivity index (χ0n) is 22.4. The standard InChI is InChI=1S/C28H38ClN2OP.C2H6/c1-5-7-9-10-13-16-25(17-14-11-12-15-20-29)22-27-23-28(30-31(27)24(3)32)26(18-8-6-2)19-21-33-4;1-2/h5-10,13,15-16,18-22,27,33H,11-12,14,17,23H2,1-4H3;1-2H3/b7-5+,8-6+,10-9-,16-13+,20-15+,21-19+,25-22-,26-18+;. The molecular weight excluding hydrogens is 471 g/mol. The number of carbonyl (C=O) groups excluding carboxylic acids is 1. The topological polar surface area (TPSA) is 32.7 Å². The molecule has 0 aromatic rings. The minimum Gasteiger partial charge on any atom is -0.273 e. The van der Waals surface area contributed by atoms with Gasteiger partial charge in [0.05, 0.1) is 11.8 Å². The number of rotatable bonds is 13. The molecule has 0 aromatic heterocycles. The fraction of sp³-hybridized carbons (Fsp3) is 0.400. The third-order valence-electron chi connectivity index (χ3n) is 4.92. The summed E-state index contributed by atoms with van der Waals surface area (Å²) in [4.78, 5) is 12.4. The Kier molecular flexibility index (Phi) is 20.8. The van der Waals surface area contributed by atoms with Crippen LogP contribution in [0.4, 0.5) is 0 Å². The quantitative estimate of drug-likeness (QED) is 0.137. The first-order valence-electron chi connectivity index (χ1n) is 12.5. The summed E-state index contributed by atoms with van der Waals surface area (Å²) >= 11 is 5.64. The van der Waals surface area contributed by atoms with E-state index >= 15 is 0 Å². The molecule has 0 aromatic carbocycles. The Morgan fingerprint density at radius 3 is 2.43 bits per heavy atom. The average molecular weight is 515 g/mol. The van der Waals surface area contributed by atoms with Gasteiger partial charge in [-0.3, -0.25) is 4.79 Å². The Hall–Kier alpha value is -2.22. The van der Waals surface area contributed by atoms with Gasteiger partial charge in [0.1, 0.15) is 0 Å². The second-order valence-corrected chi connectivity index (χ2v) is 8.73. The van der Waals surface area contributed by atoms with E-state index in [1.165, 1.54) is 5.57 Å². The van der Waals surface area contributed by atoms with Crippen LogP contribution in [0.15, 0.2) is 101 Å². The number of carbonyl (C=O) groups is 1. The fourth-order valence-electron chi connectivity index (χ4n) is 3.30. The van der Waals surface area contributed by atoms with E-state index < -0.39 is 0 Å². The second kappa shape index (κ2) is 22.3. The van der Waals surface area contributed by atoms with E-state index in [1.807, 2.05) is 70.2 Å². The van der Waals surface area contributed by atoms with Gasteiger partial charge in [-0.25, -0.2) is 5.01 Å². The predicted molar refractivity (Wildman–Crippen MR) is 161 cm³/mol. The molecule has 3 nitrogen and oxygen atoms in total. The Morgan fingerprint density at radius 2 is 1.80 bits per heavy atom. The first kappa shape index (κ1) is 32.8. The number of hydrazone groups is 1. The Morgan fingerprint density at radius 1 is 1.09 bits per heavy atom. The van der Waals surface area contributed by atoms with Crippen LogP contribution in [0.25, 0.3) is 0 Å². The lowest BCUT2D eigenvalue weighted by Gasteiger charge is -2.18. The van der Waals surface area contributed by atoms with E-state index in [4.69, 9.17) is 16.7 Å². The normalized spacial score (nSPS) is 18.0. The second-order valence-electron chi connectivity index (χ2n) is 7.57. The molecule has 0 aliphatic carbocycles. The van der Waals surface area contributed by atoms with Crippen molar-refractivity contribution in [2.45, 2.75) is 72.8 Å². The van der Waals surface area contributed by atoms with Crippen LogP contribution in [0.5, 0.6) is 0 Å². The van der Waals surface area contributed by atoms with Gasteiger partial charge in [-0.15, -0.1) is 8.58 Å². The van der Waals surface area contributed by atoms with Gasteiger partial charge in [0.2, 0.25) is 5.91 Å². The zero-order valence-corrected chi connectivity index (χ0v) is 24.1. The Balaban J connectivity index is 0.00000562. The number of hydrogen-bond donors (Lipinski definition) is 0. The van der Waals surface area contributed by atoms with Gasteiger partial charge in [-0.2, -0.15) is 5.10 Å². The van der Waals surface area contributed by atoms with Crippen LogP contribution in [-0.4, -0.2) is 29.3 Å². The number of nitrogens with zero attached hydrogens (tertiary/aromatic N) is 2. The van der Waals surface area contributed by atoms with Crippen LogP contribution in [-0.2, 0) is 4.79 Å². The van der Waals surface area contributed by atoms with Gasteiger partial charge in [-0.05, 0) is 57.3 Å². The SMILES string of the molecule is C/C=C/C=C\C=C\C(=C\C1CC(C(/C=C/PC)=C/C=C/C)=NN1C(C)=O)CCCC/C=C/Cl.CC. The lowest BCUT2D eigenvalue weighted by Crippen LogP contribution is -2.29. The number of hydrogen-bond acceptors (Lipinski definition) is 2. The monoisotopic (exact) mass is 514 g/mol.